The predicted octanol–water partition coefficient (Wildman–Crippen LogP) is -7.26. The number of rotatable bonds is 47. The number of hydrogen-bond donors (Lipinski definition) is 22. The summed E-state index contributed by atoms with van der Waals surface area (Å²) in [4.78, 5) is 150. The van der Waals surface area contributed by atoms with Gasteiger partial charge in [0.1, 0.15) is 48.3 Å². The molecule has 0 aliphatic carbocycles. The number of nitrogens with zero attached hydrogens (tertiary/aromatic N) is 6. The number of hydrogen-bond acceptors (Lipinski definition) is 16. The van der Waals surface area contributed by atoms with Crippen molar-refractivity contribution in [2.24, 2.45) is 122 Å². The first kappa shape index (κ1) is 81.8. The molecule has 9 atom stereocenters. The van der Waals surface area contributed by atoms with Crippen molar-refractivity contribution >= 4 is 89.0 Å². The highest BCUT2D eigenvalue weighted by Gasteiger charge is 2.36. The first-order valence-electron chi connectivity index (χ1n) is 30.4. The number of aliphatic imine (C=N–C) groups is 6. The Bertz CT molecular complexity index is 2480. The average Bonchev–Trinajstić information content (AvgIpc) is 1.02. The molecule has 518 valence electrons. The van der Waals surface area contributed by atoms with Crippen molar-refractivity contribution in [2.45, 2.75) is 192 Å². The third-order valence-electron chi connectivity index (χ3n) is 13.2. The Morgan fingerprint density at radius 3 is 0.670 bits per heavy atom. The maximum atomic E-state index is 14.6. The molecule has 37 nitrogen and oxygen atoms in total. The molecule has 0 heterocycles. The summed E-state index contributed by atoms with van der Waals surface area (Å²) in [6.07, 6.45) is 0.991. The van der Waals surface area contributed by atoms with Gasteiger partial charge >= 0.3 is 5.97 Å². The monoisotopic (exact) mass is 1290 g/mol. The van der Waals surface area contributed by atoms with Gasteiger partial charge in [-0.3, -0.25) is 68.3 Å². The SMILES string of the molecule is CC(C)C[C@H](NC(=O)[C@H](CCCN=C(N)N)NC(=O)[C@H](CCCN=C(N)N)NC(=O)[C@H](CC(C)C)NC(=O)[C@H](CC(C)C)NC(=O)[C@H](CCCN=C(N)N)NC(=O)[C@@H](N)CCCN=C(N)N)C(=O)N[C@@H](CCCN=C(N)N)C(=O)N[C@@H](CCCN=C(N)N)C(=O)O. The number of carboxylic acids is 1. The van der Waals surface area contributed by atoms with Crippen LogP contribution < -0.4 is 117 Å². The number of guanidine groups is 6. The number of aliphatic carboxylic acids is 1. The summed E-state index contributed by atoms with van der Waals surface area (Å²) in [6, 6.07) is -11.9. The van der Waals surface area contributed by atoms with E-state index in [1.165, 1.54) is 0 Å². The second kappa shape index (κ2) is 45.1. The Balaban J connectivity index is 7.25. The highest BCUT2D eigenvalue weighted by molar-refractivity contribution is 5.98. The fourth-order valence-corrected chi connectivity index (χ4v) is 8.79. The number of amides is 8. The molecular formula is C54H107N27O10. The lowest BCUT2D eigenvalue weighted by Crippen LogP contribution is -2.60. The number of nitrogens with one attached hydrogen (secondary N) is 8. The fraction of sp³-hybridized carbons (Fsp3) is 0.722. The van der Waals surface area contributed by atoms with E-state index in [9.17, 15) is 48.3 Å². The Labute approximate surface area is 532 Å². The lowest BCUT2D eigenvalue weighted by atomic mass is 9.99. The molecule has 0 spiro atoms. The highest BCUT2D eigenvalue weighted by atomic mass is 16.4. The van der Waals surface area contributed by atoms with Crippen LogP contribution in [-0.2, 0) is 43.2 Å². The number of nitrogens with two attached hydrogens (primary N) is 13. The van der Waals surface area contributed by atoms with Gasteiger partial charge in [0, 0.05) is 39.3 Å². The first-order chi connectivity index (χ1) is 42.6. The van der Waals surface area contributed by atoms with Crippen LogP contribution >= 0.6 is 0 Å². The molecule has 0 aliphatic heterocycles. The van der Waals surface area contributed by atoms with Gasteiger partial charge in [0.05, 0.1) is 6.04 Å². The fourth-order valence-electron chi connectivity index (χ4n) is 8.79. The van der Waals surface area contributed by atoms with Crippen LogP contribution in [0.2, 0.25) is 0 Å². The van der Waals surface area contributed by atoms with E-state index in [0.29, 0.717) is 6.42 Å². The van der Waals surface area contributed by atoms with Crippen molar-refractivity contribution in [3.8, 4) is 0 Å². The van der Waals surface area contributed by atoms with Crippen molar-refractivity contribution in [1.29, 1.82) is 0 Å². The minimum absolute atomic E-state index is 0.000647. The van der Waals surface area contributed by atoms with Crippen LogP contribution in [0.25, 0.3) is 0 Å². The van der Waals surface area contributed by atoms with Crippen LogP contribution in [0.3, 0.4) is 0 Å². The van der Waals surface area contributed by atoms with Crippen LogP contribution in [0.1, 0.15) is 138 Å². The Morgan fingerprint density at radius 1 is 0.286 bits per heavy atom. The first-order valence-corrected chi connectivity index (χ1v) is 30.4. The van der Waals surface area contributed by atoms with Crippen molar-refractivity contribution in [2.75, 3.05) is 39.3 Å². The van der Waals surface area contributed by atoms with Crippen LogP contribution in [-0.4, -0.2) is 188 Å². The van der Waals surface area contributed by atoms with Gasteiger partial charge in [0.2, 0.25) is 47.3 Å². The Morgan fingerprint density at radius 2 is 0.462 bits per heavy atom. The van der Waals surface area contributed by atoms with Crippen LogP contribution in [0.5, 0.6) is 0 Å². The zero-order chi connectivity index (χ0) is 69.3. The third kappa shape index (κ3) is 39.4. The van der Waals surface area contributed by atoms with E-state index in [1.807, 2.05) is 0 Å². The normalized spacial score (nSPS) is 13.9. The lowest BCUT2D eigenvalue weighted by Gasteiger charge is -2.29. The van der Waals surface area contributed by atoms with Gasteiger partial charge in [0.15, 0.2) is 35.8 Å². The van der Waals surface area contributed by atoms with E-state index >= 15 is 0 Å². The zero-order valence-electron chi connectivity index (χ0n) is 53.6. The second-order valence-corrected chi connectivity index (χ2v) is 23.0. The zero-order valence-corrected chi connectivity index (χ0v) is 53.6. The van der Waals surface area contributed by atoms with Gasteiger partial charge in [-0.15, -0.1) is 0 Å². The van der Waals surface area contributed by atoms with Gasteiger partial charge in [-0.2, -0.15) is 0 Å². The lowest BCUT2D eigenvalue weighted by molar-refractivity contribution is -0.142. The summed E-state index contributed by atoms with van der Waals surface area (Å²) in [7, 11) is 0. The predicted molar refractivity (Wildman–Crippen MR) is 349 cm³/mol. The van der Waals surface area contributed by atoms with Gasteiger partial charge in [-0.1, -0.05) is 41.5 Å². The largest absolute Gasteiger partial charge is 0.480 e. The molecule has 0 rings (SSSR count). The Hall–Kier alpha value is -9.19. The van der Waals surface area contributed by atoms with Crippen LogP contribution in [0, 0.1) is 17.8 Å². The van der Waals surface area contributed by atoms with Crippen LogP contribution in [0.4, 0.5) is 0 Å². The number of carboxylic acid groups (broad SMARTS) is 1. The van der Waals surface area contributed by atoms with Gasteiger partial charge in [-0.05, 0) is 114 Å². The van der Waals surface area contributed by atoms with E-state index in [-0.39, 0.29) is 183 Å². The standard InChI is InChI=1S/C54H107N27O10/c1-28(2)25-37(45(87)77-34(16-10-22-71-52(62)63)42(84)78-36(48(90)91)18-12-24-73-54(66)67)79-44(86)35(17-11-23-72-53(64)65)75-41(83)33(15-9-21-70-51(60)61)76-46(88)38(26-29(3)4)81-47(89)39(27-30(5)6)80-43(85)32(14-8-20-69-50(58)59)74-40(82)31(55)13-7-19-68-49(56)57/h28-39H,7-27,55H2,1-6H3,(H,74,82)(H,75,83)(H,76,88)(H,77,87)(H,78,84)(H,79,86)(H,80,85)(H,81,89)(H,90,91)(H4,56,57,68)(H4,58,59,69)(H4,60,61,70)(H4,62,63,71)(H4,64,65,72)(H4,66,67,73)/t31-,32-,33-,34-,35-,36-,37-,38-,39-/m0/s1. The molecule has 0 saturated carbocycles. The van der Waals surface area contributed by atoms with Gasteiger partial charge in [0.25, 0.3) is 0 Å². The van der Waals surface area contributed by atoms with E-state index < -0.39 is 108 Å². The Kier molecular flexibility index (Phi) is 40.6. The maximum absolute atomic E-state index is 14.6. The van der Waals surface area contributed by atoms with Crippen molar-refractivity contribution in [1.82, 2.24) is 42.5 Å². The summed E-state index contributed by atoms with van der Waals surface area (Å²) in [5, 5.41) is 31.3. The quantitative estimate of drug-likeness (QED) is 0.0153. The summed E-state index contributed by atoms with van der Waals surface area (Å²) in [6.45, 7) is 11.2. The van der Waals surface area contributed by atoms with Crippen molar-refractivity contribution < 1.29 is 48.3 Å². The van der Waals surface area contributed by atoms with E-state index in [0.717, 1.165) is 0 Å². The maximum Gasteiger partial charge on any atom is 0.326 e. The van der Waals surface area contributed by atoms with Crippen molar-refractivity contribution in [3.63, 3.8) is 0 Å². The number of carbonyl (C=O) groups excluding carboxylic acids is 8. The molecule has 91 heavy (non-hydrogen) atoms. The third-order valence-corrected chi connectivity index (χ3v) is 13.2. The molecule has 8 amide bonds. The molecule has 0 aliphatic rings. The molecule has 0 aromatic heterocycles. The highest BCUT2D eigenvalue weighted by Crippen LogP contribution is 2.14. The summed E-state index contributed by atoms with van der Waals surface area (Å²) < 4.78 is 0. The second-order valence-electron chi connectivity index (χ2n) is 23.0. The molecular weight excluding hydrogens is 1190 g/mol. The van der Waals surface area contributed by atoms with Gasteiger partial charge < -0.3 is 122 Å². The topological polar surface area (TPSA) is 683 Å². The summed E-state index contributed by atoms with van der Waals surface area (Å²) in [5.74, 6) is -9.77. The molecule has 0 saturated heterocycles. The summed E-state index contributed by atoms with van der Waals surface area (Å²) in [5.41, 5.74) is 72.1. The van der Waals surface area contributed by atoms with E-state index in [4.69, 9.17) is 74.5 Å². The van der Waals surface area contributed by atoms with E-state index in [1.54, 1.807) is 41.5 Å². The average molecular weight is 1290 g/mol. The molecule has 35 N–H and O–H groups in total. The van der Waals surface area contributed by atoms with Crippen molar-refractivity contribution in [3.05, 3.63) is 0 Å². The molecule has 0 aromatic carbocycles. The summed E-state index contributed by atoms with van der Waals surface area (Å²) >= 11 is 0. The minimum atomic E-state index is -1.44. The van der Waals surface area contributed by atoms with Crippen LogP contribution in [0.15, 0.2) is 30.0 Å². The molecule has 0 aromatic rings. The minimum Gasteiger partial charge on any atom is -0.480 e. The number of carbonyl (C=O) groups is 9. The smallest absolute Gasteiger partial charge is 0.326 e. The molecule has 37 heteroatoms. The molecule has 0 unspecified atom stereocenters. The van der Waals surface area contributed by atoms with Gasteiger partial charge in [-0.25, -0.2) is 4.79 Å². The molecule has 0 bridgehead atoms. The van der Waals surface area contributed by atoms with E-state index in [2.05, 4.69) is 72.5 Å². The molecule has 0 radical (unpaired) electrons. The molecule has 0 fully saturated rings.